The van der Waals surface area contributed by atoms with E-state index in [9.17, 15) is 14.7 Å². The molecule has 0 radical (unpaired) electrons. The molecule has 0 saturated carbocycles. The Morgan fingerprint density at radius 2 is 1.82 bits per heavy atom. The maximum Gasteiger partial charge on any atom is 0.300 e. The molecule has 6 nitrogen and oxygen atoms in total. The highest BCUT2D eigenvalue weighted by Gasteiger charge is 2.48. The summed E-state index contributed by atoms with van der Waals surface area (Å²) in [6.45, 7) is 8.38. The van der Waals surface area contributed by atoms with Gasteiger partial charge in [0.2, 0.25) is 0 Å². The summed E-state index contributed by atoms with van der Waals surface area (Å²) in [5.41, 5.74) is 3.33. The predicted octanol–water partition coefficient (Wildman–Crippen LogP) is 5.54. The molecule has 2 heterocycles. The predicted molar refractivity (Wildman–Crippen MR) is 132 cm³/mol. The number of para-hydroxylation sites is 1. The second-order valence-electron chi connectivity index (χ2n) is 8.55. The van der Waals surface area contributed by atoms with Crippen LogP contribution in [0.25, 0.3) is 5.76 Å². The number of aryl methyl sites for hydroxylation is 1. The number of nitrogens with zero attached hydrogens (tertiary/aromatic N) is 2. The number of aliphatic hydroxyl groups is 1. The Balaban J connectivity index is 1.93. The molecule has 2 aromatic carbocycles. The van der Waals surface area contributed by atoms with Gasteiger partial charge >= 0.3 is 0 Å². The summed E-state index contributed by atoms with van der Waals surface area (Å²) in [6, 6.07) is 17.2. The van der Waals surface area contributed by atoms with E-state index >= 15 is 0 Å². The summed E-state index contributed by atoms with van der Waals surface area (Å²) in [7, 11) is 0. The van der Waals surface area contributed by atoms with Crippen molar-refractivity contribution in [3.8, 4) is 5.75 Å². The Hall–Kier alpha value is -3.93. The minimum Gasteiger partial charge on any atom is -0.507 e. The summed E-state index contributed by atoms with van der Waals surface area (Å²) in [6.07, 6.45) is 1.61. The zero-order chi connectivity index (χ0) is 24.4. The average molecular weight is 457 g/mol. The van der Waals surface area contributed by atoms with Gasteiger partial charge in [-0.15, -0.1) is 0 Å². The molecule has 1 amide bonds. The number of aliphatic hydroxyl groups excluding tert-OH is 1. The van der Waals surface area contributed by atoms with Crippen molar-refractivity contribution < 1.29 is 19.4 Å². The van der Waals surface area contributed by atoms with E-state index in [0.717, 1.165) is 16.9 Å². The second-order valence-corrected chi connectivity index (χ2v) is 8.55. The fraction of sp³-hybridized carbons (Fsp3) is 0.250. The summed E-state index contributed by atoms with van der Waals surface area (Å²) in [5, 5.41) is 11.4. The largest absolute Gasteiger partial charge is 0.507 e. The van der Waals surface area contributed by atoms with Gasteiger partial charge in [-0.3, -0.25) is 19.5 Å². The van der Waals surface area contributed by atoms with Gasteiger partial charge in [0.25, 0.3) is 11.7 Å². The molecule has 1 aliphatic heterocycles. The van der Waals surface area contributed by atoms with Gasteiger partial charge in [-0.2, -0.15) is 0 Å². The molecule has 6 heteroatoms. The average Bonchev–Trinajstić information content (AvgIpc) is 3.10. The third-order valence-electron chi connectivity index (χ3n) is 5.99. The van der Waals surface area contributed by atoms with Crippen LogP contribution < -0.4 is 9.64 Å². The molecule has 1 fully saturated rings. The molecule has 1 aromatic heterocycles. The van der Waals surface area contributed by atoms with E-state index < -0.39 is 17.7 Å². The van der Waals surface area contributed by atoms with Crippen LogP contribution in [-0.4, -0.2) is 28.4 Å². The number of ether oxygens (including phenoxy) is 1. The monoisotopic (exact) mass is 456 g/mol. The molecule has 3 aromatic rings. The third kappa shape index (κ3) is 4.07. The molecule has 1 aliphatic rings. The van der Waals surface area contributed by atoms with Crippen molar-refractivity contribution in [3.63, 3.8) is 0 Å². The van der Waals surface area contributed by atoms with Gasteiger partial charge in [0, 0.05) is 17.4 Å². The van der Waals surface area contributed by atoms with E-state index in [0.29, 0.717) is 23.6 Å². The quantitative estimate of drug-likeness (QED) is 0.299. The number of hydrogen-bond donors (Lipinski definition) is 1. The van der Waals surface area contributed by atoms with Gasteiger partial charge < -0.3 is 9.84 Å². The molecule has 34 heavy (non-hydrogen) atoms. The fourth-order valence-electron chi connectivity index (χ4n) is 4.32. The first kappa shape index (κ1) is 23.2. The van der Waals surface area contributed by atoms with Crippen molar-refractivity contribution in [3.05, 3.63) is 94.8 Å². The number of pyridine rings is 1. The minimum absolute atomic E-state index is 0.0193. The van der Waals surface area contributed by atoms with E-state index in [1.807, 2.05) is 52.0 Å². The number of anilines is 1. The Kier molecular flexibility index (Phi) is 6.50. The van der Waals surface area contributed by atoms with E-state index in [-0.39, 0.29) is 17.3 Å². The Bertz CT molecular complexity index is 1260. The van der Waals surface area contributed by atoms with Crippen LogP contribution in [0.3, 0.4) is 0 Å². The minimum atomic E-state index is -0.851. The van der Waals surface area contributed by atoms with Gasteiger partial charge in [-0.1, -0.05) is 38.1 Å². The van der Waals surface area contributed by atoms with Crippen LogP contribution in [0.5, 0.6) is 5.75 Å². The summed E-state index contributed by atoms with van der Waals surface area (Å²) in [4.78, 5) is 32.5. The Labute approximate surface area is 199 Å². The Morgan fingerprint density at radius 3 is 2.47 bits per heavy atom. The van der Waals surface area contributed by atoms with Gasteiger partial charge in [0.1, 0.15) is 17.6 Å². The number of hydrogen-bond acceptors (Lipinski definition) is 5. The van der Waals surface area contributed by atoms with E-state index in [1.54, 1.807) is 42.6 Å². The SMILES string of the molecule is CCOc1ccc(/C(O)=C2/C(=O)C(=O)N(c3ccccc3C)C2c2ccccn2)cc1C(C)C. The van der Waals surface area contributed by atoms with Gasteiger partial charge in [-0.25, -0.2) is 0 Å². The number of ketones is 1. The molecule has 174 valence electrons. The topological polar surface area (TPSA) is 79.7 Å². The van der Waals surface area contributed by atoms with Crippen molar-refractivity contribution in [2.75, 3.05) is 11.5 Å². The number of carbonyl (C=O) groups excluding carboxylic acids is 2. The highest BCUT2D eigenvalue weighted by Crippen LogP contribution is 2.43. The van der Waals surface area contributed by atoms with Crippen molar-refractivity contribution in [2.45, 2.75) is 39.7 Å². The molecular weight excluding hydrogens is 428 g/mol. The molecule has 0 spiro atoms. The lowest BCUT2D eigenvalue weighted by Gasteiger charge is -2.26. The van der Waals surface area contributed by atoms with Crippen LogP contribution in [0.1, 0.15) is 55.1 Å². The van der Waals surface area contributed by atoms with Crippen molar-refractivity contribution in [1.29, 1.82) is 0 Å². The van der Waals surface area contributed by atoms with Crippen LogP contribution in [0.4, 0.5) is 5.69 Å². The first-order valence-electron chi connectivity index (χ1n) is 11.4. The standard InChI is InChI=1S/C28H28N2O4/c1-5-34-23-14-13-19(16-20(23)17(2)3)26(31)24-25(21-11-8-9-15-29-21)30(28(33)27(24)32)22-12-7-6-10-18(22)4/h6-17,25,31H,5H2,1-4H3/b26-24-. The molecule has 0 aliphatic carbocycles. The van der Waals surface area contributed by atoms with E-state index in [4.69, 9.17) is 4.74 Å². The molecule has 1 saturated heterocycles. The van der Waals surface area contributed by atoms with Crippen LogP contribution in [0, 0.1) is 6.92 Å². The number of carbonyl (C=O) groups is 2. The number of rotatable bonds is 6. The maximum absolute atomic E-state index is 13.3. The summed E-state index contributed by atoms with van der Waals surface area (Å²) in [5.74, 6) is -0.793. The number of benzene rings is 2. The van der Waals surface area contributed by atoms with Crippen molar-refractivity contribution in [2.24, 2.45) is 0 Å². The lowest BCUT2D eigenvalue weighted by atomic mass is 9.94. The van der Waals surface area contributed by atoms with Crippen LogP contribution in [0.2, 0.25) is 0 Å². The van der Waals surface area contributed by atoms with Gasteiger partial charge in [0.05, 0.1) is 17.9 Å². The third-order valence-corrected chi connectivity index (χ3v) is 5.99. The fourth-order valence-corrected chi connectivity index (χ4v) is 4.32. The van der Waals surface area contributed by atoms with Gasteiger partial charge in [0.15, 0.2) is 0 Å². The number of amides is 1. The van der Waals surface area contributed by atoms with E-state index in [1.165, 1.54) is 4.90 Å². The number of aromatic nitrogens is 1. The molecule has 1 N–H and O–H groups in total. The number of Topliss-reactive ketones (excluding diaryl/α,β-unsaturated/α-hetero) is 1. The van der Waals surface area contributed by atoms with Crippen LogP contribution in [0.15, 0.2) is 72.4 Å². The normalized spacial score (nSPS) is 17.4. The molecule has 1 atom stereocenters. The lowest BCUT2D eigenvalue weighted by molar-refractivity contribution is -0.132. The molecule has 4 rings (SSSR count). The zero-order valence-electron chi connectivity index (χ0n) is 19.8. The second kappa shape index (κ2) is 9.51. The first-order valence-corrected chi connectivity index (χ1v) is 11.4. The zero-order valence-corrected chi connectivity index (χ0v) is 19.8. The lowest BCUT2D eigenvalue weighted by Crippen LogP contribution is -2.30. The van der Waals surface area contributed by atoms with Gasteiger partial charge in [-0.05, 0) is 67.3 Å². The first-order chi connectivity index (χ1) is 16.3. The van der Waals surface area contributed by atoms with Crippen molar-refractivity contribution in [1.82, 2.24) is 4.98 Å². The maximum atomic E-state index is 13.3. The molecule has 1 unspecified atom stereocenters. The molecule has 0 bridgehead atoms. The van der Waals surface area contributed by atoms with Crippen molar-refractivity contribution >= 4 is 23.1 Å². The van der Waals surface area contributed by atoms with E-state index in [2.05, 4.69) is 4.98 Å². The highest BCUT2D eigenvalue weighted by atomic mass is 16.5. The highest BCUT2D eigenvalue weighted by molar-refractivity contribution is 6.51. The summed E-state index contributed by atoms with van der Waals surface area (Å²) >= 11 is 0. The smallest absolute Gasteiger partial charge is 0.300 e. The Morgan fingerprint density at radius 1 is 1.09 bits per heavy atom. The van der Waals surface area contributed by atoms with Crippen LogP contribution >= 0.6 is 0 Å². The summed E-state index contributed by atoms with van der Waals surface area (Å²) < 4.78 is 5.74. The molecular formula is C28H28N2O4. The van der Waals surface area contributed by atoms with Crippen LogP contribution in [-0.2, 0) is 9.59 Å².